The monoisotopic (exact) mass is 392 g/mol. The van der Waals surface area contributed by atoms with Crippen LogP contribution in [-0.4, -0.2) is 54.0 Å². The van der Waals surface area contributed by atoms with Gasteiger partial charge in [-0.05, 0) is 73.3 Å². The molecular formula is C24H25FN2O2. The Hall–Kier alpha value is -2.40. The number of likely N-dealkylation sites (tertiary alicyclic amines) is 1. The van der Waals surface area contributed by atoms with E-state index in [1.54, 1.807) is 12.1 Å². The molecule has 29 heavy (non-hydrogen) atoms. The quantitative estimate of drug-likeness (QED) is 0.785. The van der Waals surface area contributed by atoms with Gasteiger partial charge < -0.3 is 9.64 Å². The van der Waals surface area contributed by atoms with Crippen molar-refractivity contribution < 1.29 is 13.9 Å². The number of hydrogen-bond donors (Lipinski definition) is 0. The second-order valence-electron chi connectivity index (χ2n) is 8.89. The summed E-state index contributed by atoms with van der Waals surface area (Å²) in [6.07, 6.45) is 3.20. The largest absolute Gasteiger partial charge is 0.493 e. The van der Waals surface area contributed by atoms with E-state index in [2.05, 4.69) is 9.80 Å². The van der Waals surface area contributed by atoms with Gasteiger partial charge in [-0.15, -0.1) is 0 Å². The highest BCUT2D eigenvalue weighted by Gasteiger charge is 2.54. The third-order valence-corrected chi connectivity index (χ3v) is 7.49. The summed E-state index contributed by atoms with van der Waals surface area (Å²) >= 11 is 0. The van der Waals surface area contributed by atoms with E-state index >= 15 is 0 Å². The maximum atomic E-state index is 13.6. The number of fused-ring (bicyclic) bond motifs is 3. The Morgan fingerprint density at radius 2 is 1.83 bits per heavy atom. The molecule has 5 aliphatic rings. The first kappa shape index (κ1) is 17.5. The van der Waals surface area contributed by atoms with E-state index in [9.17, 15) is 9.18 Å². The number of carbonyl (C=O) groups is 1. The van der Waals surface area contributed by atoms with E-state index in [0.717, 1.165) is 42.0 Å². The summed E-state index contributed by atoms with van der Waals surface area (Å²) in [7, 11) is 0. The molecule has 4 fully saturated rings. The second kappa shape index (κ2) is 6.56. The first-order valence-electron chi connectivity index (χ1n) is 10.8. The van der Waals surface area contributed by atoms with Gasteiger partial charge >= 0.3 is 0 Å². The van der Waals surface area contributed by atoms with Crippen LogP contribution in [0.5, 0.6) is 5.75 Å². The molecule has 4 nitrogen and oxygen atoms in total. The number of amides is 1. The van der Waals surface area contributed by atoms with Crippen LogP contribution in [0.2, 0.25) is 0 Å². The smallest absolute Gasteiger partial charge is 0.254 e. The molecule has 0 aromatic heterocycles. The van der Waals surface area contributed by atoms with E-state index in [0.29, 0.717) is 25.1 Å². The van der Waals surface area contributed by atoms with Crippen molar-refractivity contribution in [1.82, 2.24) is 9.80 Å². The molecule has 2 aromatic rings. The van der Waals surface area contributed by atoms with Crippen LogP contribution in [0.15, 0.2) is 42.5 Å². The number of piperidine rings is 3. The average molecular weight is 392 g/mol. The topological polar surface area (TPSA) is 32.8 Å². The molecule has 0 saturated carbocycles. The van der Waals surface area contributed by atoms with Gasteiger partial charge in [0.25, 0.3) is 5.91 Å². The highest BCUT2D eigenvalue weighted by Crippen LogP contribution is 2.47. The number of carbonyl (C=O) groups excluding carboxylic acids is 1. The van der Waals surface area contributed by atoms with Crippen molar-refractivity contribution in [1.29, 1.82) is 0 Å². The van der Waals surface area contributed by atoms with Gasteiger partial charge in [0.05, 0.1) is 12.6 Å². The summed E-state index contributed by atoms with van der Waals surface area (Å²) in [6.45, 7) is 3.63. The molecule has 1 amide bonds. The second-order valence-corrected chi connectivity index (χ2v) is 8.89. The molecule has 0 radical (unpaired) electrons. The molecule has 2 aromatic carbocycles. The Morgan fingerprint density at radius 1 is 1.03 bits per heavy atom. The average Bonchev–Trinajstić information content (AvgIpc) is 3.40. The molecule has 150 valence electrons. The van der Waals surface area contributed by atoms with Gasteiger partial charge in [-0.3, -0.25) is 9.69 Å². The molecular weight excluding hydrogens is 367 g/mol. The number of hydrogen-bond acceptors (Lipinski definition) is 3. The van der Waals surface area contributed by atoms with Crippen molar-refractivity contribution in [3.8, 4) is 5.75 Å². The van der Waals surface area contributed by atoms with E-state index in [1.807, 2.05) is 30.3 Å². The lowest BCUT2D eigenvalue weighted by atomic mass is 9.75. The molecule has 4 saturated heterocycles. The summed E-state index contributed by atoms with van der Waals surface area (Å²) in [6, 6.07) is 13.4. The number of nitrogens with zero attached hydrogens (tertiary/aromatic N) is 2. The maximum Gasteiger partial charge on any atom is 0.254 e. The van der Waals surface area contributed by atoms with Crippen molar-refractivity contribution in [2.45, 2.75) is 37.3 Å². The SMILES string of the molecule is O=C(c1ccc2c(c1)CCO2)N1C[C@@H](c2ccc(F)cc2)[C@@H]2[C@H]1C1CCN2CC1. The number of benzene rings is 2. The molecule has 0 unspecified atom stereocenters. The highest BCUT2D eigenvalue weighted by atomic mass is 19.1. The number of halogens is 1. The van der Waals surface area contributed by atoms with Gasteiger partial charge in [-0.25, -0.2) is 4.39 Å². The minimum absolute atomic E-state index is 0.132. The van der Waals surface area contributed by atoms with Gasteiger partial charge in [-0.1, -0.05) is 12.1 Å². The Balaban J connectivity index is 1.36. The van der Waals surface area contributed by atoms with Crippen LogP contribution in [-0.2, 0) is 6.42 Å². The van der Waals surface area contributed by atoms with Crippen LogP contribution in [0.1, 0.15) is 40.2 Å². The Bertz CT molecular complexity index is 952. The van der Waals surface area contributed by atoms with Gasteiger partial charge in [0.2, 0.25) is 0 Å². The van der Waals surface area contributed by atoms with Crippen molar-refractivity contribution in [2.24, 2.45) is 5.92 Å². The minimum Gasteiger partial charge on any atom is -0.493 e. The molecule has 3 atom stereocenters. The first-order valence-corrected chi connectivity index (χ1v) is 10.8. The van der Waals surface area contributed by atoms with Crippen LogP contribution >= 0.6 is 0 Å². The Labute approximate surface area is 170 Å². The van der Waals surface area contributed by atoms with E-state index in [-0.39, 0.29) is 23.7 Å². The molecule has 7 rings (SSSR count). The fraction of sp³-hybridized carbons (Fsp3) is 0.458. The molecule has 2 bridgehead atoms. The lowest BCUT2D eigenvalue weighted by Gasteiger charge is -2.51. The number of ether oxygens (including phenoxy) is 1. The molecule has 0 aliphatic carbocycles. The van der Waals surface area contributed by atoms with E-state index in [4.69, 9.17) is 4.74 Å². The molecule has 0 spiro atoms. The summed E-state index contributed by atoms with van der Waals surface area (Å²) in [5, 5.41) is 0. The highest BCUT2D eigenvalue weighted by molar-refractivity contribution is 5.95. The molecule has 5 heterocycles. The Kier molecular flexibility index (Phi) is 3.95. The van der Waals surface area contributed by atoms with Gasteiger partial charge in [-0.2, -0.15) is 0 Å². The van der Waals surface area contributed by atoms with E-state index in [1.165, 1.54) is 12.8 Å². The molecule has 5 aliphatic heterocycles. The molecule has 5 heteroatoms. The zero-order valence-electron chi connectivity index (χ0n) is 16.4. The predicted molar refractivity (Wildman–Crippen MR) is 108 cm³/mol. The van der Waals surface area contributed by atoms with Crippen LogP contribution in [0.4, 0.5) is 4.39 Å². The molecule has 0 N–H and O–H groups in total. The predicted octanol–water partition coefficient (Wildman–Crippen LogP) is 3.46. The first-order chi connectivity index (χ1) is 14.2. The summed E-state index contributed by atoms with van der Waals surface area (Å²) in [4.78, 5) is 18.3. The van der Waals surface area contributed by atoms with Gasteiger partial charge in [0.15, 0.2) is 0 Å². The zero-order chi connectivity index (χ0) is 19.5. The maximum absolute atomic E-state index is 13.6. The fourth-order valence-electron chi connectivity index (χ4n) is 6.14. The van der Waals surface area contributed by atoms with Crippen molar-refractivity contribution in [2.75, 3.05) is 26.2 Å². The lowest BCUT2D eigenvalue weighted by Crippen LogP contribution is -2.60. The Morgan fingerprint density at radius 3 is 2.62 bits per heavy atom. The van der Waals surface area contributed by atoms with Gasteiger partial charge in [0.1, 0.15) is 11.6 Å². The third-order valence-electron chi connectivity index (χ3n) is 7.49. The van der Waals surface area contributed by atoms with E-state index < -0.39 is 0 Å². The standard InChI is InChI=1S/C24H25FN2O2/c25-19-4-1-15(2-5-19)20-14-27(22-16-7-10-26(11-8-16)23(20)22)24(28)18-3-6-21-17(13-18)9-12-29-21/h1-6,13,16,20,22-23H,7-12,14H2/t20-,22+,23+/m0/s1. The summed E-state index contributed by atoms with van der Waals surface area (Å²) in [5.74, 6) is 1.64. The van der Waals surface area contributed by atoms with Crippen molar-refractivity contribution in [3.63, 3.8) is 0 Å². The van der Waals surface area contributed by atoms with Crippen LogP contribution in [0.3, 0.4) is 0 Å². The van der Waals surface area contributed by atoms with Crippen molar-refractivity contribution in [3.05, 3.63) is 65.0 Å². The van der Waals surface area contributed by atoms with Crippen LogP contribution < -0.4 is 4.74 Å². The summed E-state index contributed by atoms with van der Waals surface area (Å²) < 4.78 is 19.1. The summed E-state index contributed by atoms with van der Waals surface area (Å²) in [5.41, 5.74) is 3.05. The normalized spacial score (nSPS) is 32.0. The minimum atomic E-state index is -0.206. The van der Waals surface area contributed by atoms with Crippen molar-refractivity contribution >= 4 is 5.91 Å². The fourth-order valence-corrected chi connectivity index (χ4v) is 6.14. The number of rotatable bonds is 2. The van der Waals surface area contributed by atoms with Crippen LogP contribution in [0, 0.1) is 11.7 Å². The third kappa shape index (κ3) is 2.71. The van der Waals surface area contributed by atoms with Gasteiger partial charge in [0, 0.05) is 30.5 Å². The van der Waals surface area contributed by atoms with Crippen LogP contribution in [0.25, 0.3) is 0 Å². The lowest BCUT2D eigenvalue weighted by molar-refractivity contribution is -0.00341. The zero-order valence-corrected chi connectivity index (χ0v) is 16.4.